The molecule has 1 aliphatic heterocycles. The molecule has 1 aliphatic rings. The molecule has 3 rings (SSSR count). The number of β-lactam (4-membered cyclic amide) rings is 1. The number of nitrogens with zero attached hydrogens (tertiary/aromatic N) is 1. The van der Waals surface area contributed by atoms with Crippen molar-refractivity contribution in [3.63, 3.8) is 0 Å². The van der Waals surface area contributed by atoms with Crippen LogP contribution in [0.2, 0.25) is 0 Å². The van der Waals surface area contributed by atoms with Gasteiger partial charge in [-0.15, -0.1) is 0 Å². The number of hydrogen-bond donors (Lipinski definition) is 8. The second-order valence-electron chi connectivity index (χ2n) is 14.9. The number of amides is 6. The summed E-state index contributed by atoms with van der Waals surface area (Å²) in [6, 6.07) is 11.6. The molecule has 0 bridgehead atoms. The fraction of sp³-hybridized carbons (Fsp3) is 0.561. The van der Waals surface area contributed by atoms with Crippen molar-refractivity contribution in [3.8, 4) is 11.1 Å². The van der Waals surface area contributed by atoms with Crippen molar-refractivity contribution < 1.29 is 33.6 Å². The van der Waals surface area contributed by atoms with Crippen LogP contribution in [0.3, 0.4) is 0 Å². The summed E-state index contributed by atoms with van der Waals surface area (Å²) in [7, 11) is 1.34. The topological polar surface area (TPSA) is 253 Å². The molecule has 11 N–H and O–H groups in total. The smallest absolute Gasteiger partial charge is 0.270 e. The summed E-state index contributed by atoms with van der Waals surface area (Å²) in [4.78, 5) is 84.0. The highest BCUT2D eigenvalue weighted by atomic mass is 16.7. The molecule has 16 nitrogen and oxygen atoms in total. The van der Waals surface area contributed by atoms with Gasteiger partial charge in [0.1, 0.15) is 24.2 Å². The molecule has 0 aliphatic carbocycles. The van der Waals surface area contributed by atoms with E-state index in [4.69, 9.17) is 22.0 Å². The maximum Gasteiger partial charge on any atom is 0.270 e. The summed E-state index contributed by atoms with van der Waals surface area (Å²) >= 11 is 0. The van der Waals surface area contributed by atoms with Gasteiger partial charge in [0.25, 0.3) is 17.7 Å². The first kappa shape index (κ1) is 46.5. The lowest BCUT2D eigenvalue weighted by Gasteiger charge is -2.37. The third-order valence-electron chi connectivity index (χ3n) is 9.75. The molecule has 0 saturated carbocycles. The number of carbonyl (C=O) groups is 6. The highest BCUT2D eigenvalue weighted by Gasteiger charge is 2.40. The Bertz CT molecular complexity index is 1620. The van der Waals surface area contributed by atoms with Gasteiger partial charge in [-0.1, -0.05) is 63.6 Å². The normalized spacial score (nSPS) is 15.8. The van der Waals surface area contributed by atoms with Crippen molar-refractivity contribution in [1.82, 2.24) is 31.6 Å². The van der Waals surface area contributed by atoms with Crippen LogP contribution in [0, 0.1) is 5.92 Å². The molecule has 6 amide bonds. The third kappa shape index (κ3) is 14.8. The van der Waals surface area contributed by atoms with Gasteiger partial charge in [0.2, 0.25) is 17.7 Å². The summed E-state index contributed by atoms with van der Waals surface area (Å²) in [5.41, 5.74) is 21.1. The van der Waals surface area contributed by atoms with E-state index in [9.17, 15) is 28.8 Å². The van der Waals surface area contributed by atoms with Crippen molar-refractivity contribution in [3.05, 3.63) is 59.7 Å². The van der Waals surface area contributed by atoms with E-state index in [1.807, 2.05) is 26.0 Å². The van der Waals surface area contributed by atoms with E-state index in [2.05, 4.69) is 57.8 Å². The van der Waals surface area contributed by atoms with Gasteiger partial charge >= 0.3 is 0 Å². The van der Waals surface area contributed by atoms with Crippen molar-refractivity contribution in [2.45, 2.75) is 115 Å². The van der Waals surface area contributed by atoms with Crippen LogP contribution < -0.4 is 43.8 Å². The van der Waals surface area contributed by atoms with E-state index in [1.54, 1.807) is 12.1 Å². The highest BCUT2D eigenvalue weighted by molar-refractivity contribution is 5.99. The molecule has 1 heterocycles. The number of benzene rings is 2. The predicted molar refractivity (Wildman–Crippen MR) is 218 cm³/mol. The molecule has 16 heteroatoms. The lowest BCUT2D eigenvalue weighted by atomic mass is 10.0. The van der Waals surface area contributed by atoms with E-state index in [0.29, 0.717) is 44.3 Å². The van der Waals surface area contributed by atoms with Crippen LogP contribution in [0.1, 0.15) is 94.5 Å². The van der Waals surface area contributed by atoms with Crippen LogP contribution in [0.25, 0.3) is 11.1 Å². The lowest BCUT2D eigenvalue weighted by molar-refractivity contribution is -0.203. The number of hydroxylamine groups is 2. The summed E-state index contributed by atoms with van der Waals surface area (Å²) < 4.78 is 0. The van der Waals surface area contributed by atoms with Crippen LogP contribution >= 0.6 is 0 Å². The number of aryl methyl sites for hydroxylation is 1. The van der Waals surface area contributed by atoms with Crippen LogP contribution in [0.5, 0.6) is 0 Å². The molecular weight excluding hydrogens is 731 g/mol. The Morgan fingerprint density at radius 2 is 1.28 bits per heavy atom. The minimum absolute atomic E-state index is 0.0164. The minimum atomic E-state index is -1.58. The van der Waals surface area contributed by atoms with Crippen molar-refractivity contribution >= 4 is 35.4 Å². The van der Waals surface area contributed by atoms with Gasteiger partial charge in [-0.2, -0.15) is 0 Å². The number of unbranched alkanes of at least 4 members (excludes halogenated alkanes) is 3. The number of hydrogen-bond acceptors (Lipinski definition) is 10. The summed E-state index contributed by atoms with van der Waals surface area (Å²) in [5, 5.41) is 14.3. The molecule has 2 aromatic rings. The summed E-state index contributed by atoms with van der Waals surface area (Å²) in [5.74, 6) is -3.62. The van der Waals surface area contributed by atoms with Gasteiger partial charge in [-0.05, 0) is 106 Å². The van der Waals surface area contributed by atoms with Gasteiger partial charge in [0.05, 0.1) is 13.7 Å². The van der Waals surface area contributed by atoms with E-state index in [0.717, 1.165) is 35.5 Å². The van der Waals surface area contributed by atoms with Crippen LogP contribution in [-0.2, 0) is 35.2 Å². The van der Waals surface area contributed by atoms with Crippen LogP contribution in [-0.4, -0.2) is 97.6 Å². The van der Waals surface area contributed by atoms with Crippen LogP contribution in [0.4, 0.5) is 0 Å². The number of carbonyl (C=O) groups excluding carboxylic acids is 6. The molecule has 314 valence electrons. The minimum Gasteiger partial charge on any atom is -0.343 e. The fourth-order valence-electron chi connectivity index (χ4n) is 6.32. The van der Waals surface area contributed by atoms with Gasteiger partial charge < -0.3 is 43.8 Å². The number of nitrogens with two attached hydrogens (primary N) is 3. The zero-order valence-electron chi connectivity index (χ0n) is 33.8. The van der Waals surface area contributed by atoms with E-state index >= 15 is 0 Å². The number of nitrogens with one attached hydrogen (secondary N) is 5. The zero-order valence-corrected chi connectivity index (χ0v) is 33.8. The molecule has 57 heavy (non-hydrogen) atoms. The molecule has 1 saturated heterocycles. The Balaban J connectivity index is 1.67. The lowest BCUT2D eigenvalue weighted by Crippen LogP contribution is -2.66. The Hall–Kier alpha value is -4.90. The Labute approximate surface area is 336 Å². The van der Waals surface area contributed by atoms with Gasteiger partial charge in [0, 0.05) is 5.56 Å². The predicted octanol–water partition coefficient (Wildman–Crippen LogP) is 1.36. The first-order valence-electron chi connectivity index (χ1n) is 20.0. The monoisotopic (exact) mass is 793 g/mol. The van der Waals surface area contributed by atoms with E-state index < -0.39 is 65.8 Å². The SMILES string of the molecule is CCCCc1ccc(-c2ccc(C(=O)N[C@@H](CCCCN)C(=O)N[C@@H](CCCCN)C(=O)N[C@@H](N)C(=O)N[C@@H](CC(C)C)C(=O)N[C@@H]3CN(OC)C3=O)cc2)cc1. The standard InChI is InChI=1S/C41H63N9O7/c1-5-6-11-27-14-16-28(17-15-27)29-18-20-30(21-19-29)36(51)45-31(12-7-9-22-42)37(52)46-32(13-8-10-23-43)38(53)49-35(44)40(55)47-33(24-26(2)3)39(54)48-34-25-50(57-4)41(34)56/h14-21,26,31-35H,5-13,22-25,42-44H2,1-4H3,(H,45,51)(H,46,52)(H,47,55)(H,48,54)(H,49,53)/t31-,32-,33-,34+,35+/m0/s1. The van der Waals surface area contributed by atoms with Gasteiger partial charge in [0.15, 0.2) is 6.17 Å². The molecule has 1 fully saturated rings. The first-order valence-corrected chi connectivity index (χ1v) is 20.0. The van der Waals surface area contributed by atoms with Crippen molar-refractivity contribution in [1.29, 1.82) is 0 Å². The molecule has 5 atom stereocenters. The second kappa shape index (κ2) is 24.0. The summed E-state index contributed by atoms with van der Waals surface area (Å²) in [6.45, 7) is 6.81. The van der Waals surface area contributed by atoms with Crippen LogP contribution in [0.15, 0.2) is 48.5 Å². The van der Waals surface area contributed by atoms with E-state index in [1.165, 1.54) is 12.7 Å². The highest BCUT2D eigenvalue weighted by Crippen LogP contribution is 2.21. The maximum absolute atomic E-state index is 13.8. The number of rotatable bonds is 25. The van der Waals surface area contributed by atoms with Gasteiger partial charge in [-0.25, -0.2) is 5.06 Å². The summed E-state index contributed by atoms with van der Waals surface area (Å²) in [6.07, 6.45) is 4.61. The Morgan fingerprint density at radius 1 is 0.737 bits per heavy atom. The van der Waals surface area contributed by atoms with E-state index in [-0.39, 0.29) is 31.7 Å². The first-order chi connectivity index (χ1) is 27.3. The van der Waals surface area contributed by atoms with Crippen molar-refractivity contribution in [2.75, 3.05) is 26.7 Å². The molecule has 0 aromatic heterocycles. The largest absolute Gasteiger partial charge is 0.343 e. The fourth-order valence-corrected chi connectivity index (χ4v) is 6.32. The van der Waals surface area contributed by atoms with Crippen molar-refractivity contribution in [2.24, 2.45) is 23.1 Å². The third-order valence-corrected chi connectivity index (χ3v) is 9.75. The second-order valence-corrected chi connectivity index (χ2v) is 14.9. The Kier molecular flexibility index (Phi) is 19.6. The Morgan fingerprint density at radius 3 is 1.81 bits per heavy atom. The maximum atomic E-state index is 13.8. The molecule has 0 spiro atoms. The zero-order chi connectivity index (χ0) is 41.9. The average molecular weight is 794 g/mol. The molecule has 0 radical (unpaired) electrons. The quantitative estimate of drug-likeness (QED) is 0.0407. The molecule has 0 unspecified atom stereocenters. The average Bonchev–Trinajstić information content (AvgIpc) is 3.20. The molecule has 2 aromatic carbocycles. The van der Waals surface area contributed by atoms with Gasteiger partial charge in [-0.3, -0.25) is 33.6 Å². The molecular formula is C41H63N9O7.